The maximum atomic E-state index is 5.82. The van der Waals surface area contributed by atoms with Crippen LogP contribution in [0.15, 0.2) is 12.4 Å². The predicted molar refractivity (Wildman–Crippen MR) is 63.6 cm³/mol. The third-order valence-corrected chi connectivity index (χ3v) is 3.71. The highest BCUT2D eigenvalue weighted by molar-refractivity contribution is 5.20. The number of aromatic nitrogens is 2. The number of hydrogen-bond donors (Lipinski definition) is 0. The first-order valence-electron chi connectivity index (χ1n) is 6.54. The van der Waals surface area contributed by atoms with Crippen LogP contribution in [0.1, 0.15) is 37.2 Å². The van der Waals surface area contributed by atoms with Gasteiger partial charge in [-0.2, -0.15) is 5.10 Å². The molecule has 1 aliphatic carbocycles. The Morgan fingerprint density at radius 2 is 2.47 bits per heavy atom. The number of ether oxygens (including phenoxy) is 2. The molecule has 2 aliphatic rings. The fourth-order valence-electron chi connectivity index (χ4n) is 2.55. The van der Waals surface area contributed by atoms with Crippen molar-refractivity contribution in [3.05, 3.63) is 18.0 Å². The van der Waals surface area contributed by atoms with Crippen LogP contribution >= 0.6 is 0 Å². The van der Waals surface area contributed by atoms with Crippen molar-refractivity contribution in [2.24, 2.45) is 13.0 Å². The molecule has 3 atom stereocenters. The van der Waals surface area contributed by atoms with Crippen LogP contribution in [0.25, 0.3) is 0 Å². The summed E-state index contributed by atoms with van der Waals surface area (Å²) in [7, 11) is 1.97. The van der Waals surface area contributed by atoms with E-state index in [1.54, 1.807) is 0 Å². The van der Waals surface area contributed by atoms with Crippen LogP contribution in [0.2, 0.25) is 0 Å². The lowest BCUT2D eigenvalue weighted by Gasteiger charge is -2.22. The first kappa shape index (κ1) is 11.2. The Morgan fingerprint density at radius 3 is 3.18 bits per heavy atom. The van der Waals surface area contributed by atoms with Gasteiger partial charge in [-0.05, 0) is 43.1 Å². The Hall–Kier alpha value is -0.870. The molecule has 4 nitrogen and oxygen atoms in total. The molecule has 2 fully saturated rings. The van der Waals surface area contributed by atoms with Gasteiger partial charge in [0.1, 0.15) is 0 Å². The van der Waals surface area contributed by atoms with Crippen LogP contribution in [0.3, 0.4) is 0 Å². The Kier molecular flexibility index (Phi) is 3.16. The maximum absolute atomic E-state index is 5.82. The summed E-state index contributed by atoms with van der Waals surface area (Å²) in [6.07, 6.45) is 8.86. The molecule has 4 heteroatoms. The van der Waals surface area contributed by atoms with Crippen molar-refractivity contribution in [3.8, 4) is 0 Å². The Labute approximate surface area is 102 Å². The smallest absolute Gasteiger partial charge is 0.157 e. The molecule has 0 amide bonds. The summed E-state index contributed by atoms with van der Waals surface area (Å²) in [5.74, 6) is 1.33. The Morgan fingerprint density at radius 1 is 1.53 bits per heavy atom. The summed E-state index contributed by atoms with van der Waals surface area (Å²) in [6, 6.07) is 0. The minimum Gasteiger partial charge on any atom is -0.353 e. The predicted octanol–water partition coefficient (Wildman–Crippen LogP) is 2.07. The summed E-state index contributed by atoms with van der Waals surface area (Å²) in [4.78, 5) is 0. The lowest BCUT2D eigenvalue weighted by molar-refractivity contribution is -0.164. The second-order valence-electron chi connectivity index (χ2n) is 5.18. The fraction of sp³-hybridized carbons (Fsp3) is 0.769. The summed E-state index contributed by atoms with van der Waals surface area (Å²) >= 11 is 0. The molecule has 0 aromatic carbocycles. The quantitative estimate of drug-likeness (QED) is 0.803. The number of nitrogens with zero attached hydrogens (tertiary/aromatic N) is 2. The van der Waals surface area contributed by atoms with Crippen LogP contribution in [-0.4, -0.2) is 29.3 Å². The molecular formula is C13H20N2O2. The van der Waals surface area contributed by atoms with Crippen LogP contribution < -0.4 is 0 Å². The SMILES string of the molecule is Cn1cc(C2CC2COC2CCCCO2)cn1. The molecule has 1 aliphatic heterocycles. The number of aryl methyl sites for hydroxylation is 1. The van der Waals surface area contributed by atoms with Gasteiger partial charge >= 0.3 is 0 Å². The molecule has 1 saturated heterocycles. The topological polar surface area (TPSA) is 36.3 Å². The molecule has 94 valence electrons. The standard InChI is InChI=1S/C13H20N2O2/c1-15-8-11(7-14-15)12-6-10(12)9-17-13-4-2-3-5-16-13/h7-8,10,12-13H,2-6,9H2,1H3. The van der Waals surface area contributed by atoms with Gasteiger partial charge in [0.2, 0.25) is 0 Å². The summed E-state index contributed by atoms with van der Waals surface area (Å²) in [5.41, 5.74) is 1.35. The van der Waals surface area contributed by atoms with Crippen molar-refractivity contribution in [3.63, 3.8) is 0 Å². The van der Waals surface area contributed by atoms with Crippen molar-refractivity contribution < 1.29 is 9.47 Å². The molecule has 1 aromatic rings. The fourth-order valence-corrected chi connectivity index (χ4v) is 2.55. The van der Waals surface area contributed by atoms with Gasteiger partial charge in [-0.1, -0.05) is 0 Å². The van der Waals surface area contributed by atoms with E-state index in [2.05, 4.69) is 11.3 Å². The molecule has 17 heavy (non-hydrogen) atoms. The zero-order chi connectivity index (χ0) is 11.7. The van der Waals surface area contributed by atoms with Gasteiger partial charge in [0.25, 0.3) is 0 Å². The van der Waals surface area contributed by atoms with E-state index in [0.29, 0.717) is 11.8 Å². The summed E-state index contributed by atoms with van der Waals surface area (Å²) in [6.45, 7) is 1.70. The summed E-state index contributed by atoms with van der Waals surface area (Å²) < 4.78 is 13.2. The first-order chi connectivity index (χ1) is 8.33. The minimum absolute atomic E-state index is 0.0545. The second kappa shape index (κ2) is 4.78. The molecule has 0 N–H and O–H groups in total. The Balaban J connectivity index is 1.43. The van der Waals surface area contributed by atoms with E-state index in [1.807, 2.05) is 17.9 Å². The normalized spacial score (nSPS) is 32.6. The molecule has 3 rings (SSSR count). The van der Waals surface area contributed by atoms with Crippen molar-refractivity contribution in [2.45, 2.75) is 37.9 Å². The average Bonchev–Trinajstić information content (AvgIpc) is 3.02. The zero-order valence-electron chi connectivity index (χ0n) is 10.3. The van der Waals surface area contributed by atoms with Gasteiger partial charge in [0.15, 0.2) is 6.29 Å². The van der Waals surface area contributed by atoms with Crippen LogP contribution in [0.4, 0.5) is 0 Å². The van der Waals surface area contributed by atoms with Crippen molar-refractivity contribution in [2.75, 3.05) is 13.2 Å². The third-order valence-electron chi connectivity index (χ3n) is 3.71. The van der Waals surface area contributed by atoms with Crippen molar-refractivity contribution in [1.29, 1.82) is 0 Å². The average molecular weight is 236 g/mol. The lowest BCUT2D eigenvalue weighted by Crippen LogP contribution is -2.23. The second-order valence-corrected chi connectivity index (χ2v) is 5.18. The van der Waals surface area contributed by atoms with Crippen LogP contribution in [-0.2, 0) is 16.5 Å². The van der Waals surface area contributed by atoms with Crippen LogP contribution in [0, 0.1) is 5.92 Å². The highest BCUT2D eigenvalue weighted by Gasteiger charge is 2.39. The molecule has 1 aromatic heterocycles. The van der Waals surface area contributed by atoms with E-state index < -0.39 is 0 Å². The zero-order valence-corrected chi connectivity index (χ0v) is 10.3. The van der Waals surface area contributed by atoms with E-state index in [0.717, 1.165) is 19.6 Å². The van der Waals surface area contributed by atoms with Crippen molar-refractivity contribution in [1.82, 2.24) is 9.78 Å². The van der Waals surface area contributed by atoms with E-state index in [-0.39, 0.29) is 6.29 Å². The number of hydrogen-bond acceptors (Lipinski definition) is 3. The van der Waals surface area contributed by atoms with Crippen LogP contribution in [0.5, 0.6) is 0 Å². The van der Waals surface area contributed by atoms with E-state index >= 15 is 0 Å². The largest absolute Gasteiger partial charge is 0.353 e. The highest BCUT2D eigenvalue weighted by Crippen LogP contribution is 2.47. The first-order valence-corrected chi connectivity index (χ1v) is 6.54. The van der Waals surface area contributed by atoms with Gasteiger partial charge in [-0.25, -0.2) is 0 Å². The molecule has 0 radical (unpaired) electrons. The molecule has 0 spiro atoms. The summed E-state index contributed by atoms with van der Waals surface area (Å²) in [5, 5.41) is 4.21. The molecule has 2 heterocycles. The molecular weight excluding hydrogens is 216 g/mol. The number of rotatable bonds is 4. The van der Waals surface area contributed by atoms with E-state index in [4.69, 9.17) is 9.47 Å². The van der Waals surface area contributed by atoms with E-state index in [1.165, 1.54) is 24.8 Å². The Bertz CT molecular complexity index is 371. The molecule has 0 bridgehead atoms. The maximum Gasteiger partial charge on any atom is 0.157 e. The van der Waals surface area contributed by atoms with Gasteiger partial charge < -0.3 is 9.47 Å². The highest BCUT2D eigenvalue weighted by atomic mass is 16.7. The lowest BCUT2D eigenvalue weighted by atomic mass is 10.2. The van der Waals surface area contributed by atoms with E-state index in [9.17, 15) is 0 Å². The van der Waals surface area contributed by atoms with Gasteiger partial charge in [0.05, 0.1) is 12.8 Å². The minimum atomic E-state index is 0.0545. The van der Waals surface area contributed by atoms with Crippen molar-refractivity contribution >= 4 is 0 Å². The third kappa shape index (κ3) is 2.69. The van der Waals surface area contributed by atoms with Gasteiger partial charge in [0, 0.05) is 19.9 Å². The molecule has 1 saturated carbocycles. The van der Waals surface area contributed by atoms with Gasteiger partial charge in [-0.15, -0.1) is 0 Å². The monoisotopic (exact) mass is 236 g/mol. The molecule has 3 unspecified atom stereocenters. The van der Waals surface area contributed by atoms with Gasteiger partial charge in [-0.3, -0.25) is 4.68 Å².